The van der Waals surface area contributed by atoms with E-state index >= 15 is 0 Å². The van der Waals surface area contributed by atoms with Gasteiger partial charge in [-0.2, -0.15) is 0 Å². The van der Waals surface area contributed by atoms with Crippen molar-refractivity contribution in [1.82, 2.24) is 0 Å². The fourth-order valence-electron chi connectivity index (χ4n) is 2.72. The number of carbonyl (C=O) groups is 2. The maximum absolute atomic E-state index is 12.7. The molecule has 0 bridgehead atoms. The summed E-state index contributed by atoms with van der Waals surface area (Å²) in [6.07, 6.45) is 1.84. The van der Waals surface area contributed by atoms with E-state index in [4.69, 9.17) is 0 Å². The van der Waals surface area contributed by atoms with Crippen molar-refractivity contribution in [3.8, 4) is 0 Å². The van der Waals surface area contributed by atoms with Gasteiger partial charge < -0.3 is 5.32 Å². The molecule has 0 spiro atoms. The number of Topliss-reactive ketones (excluding diaryl/α,β-unsaturated/α-hetero) is 2. The Hall–Kier alpha value is -2.16. The maximum Gasteiger partial charge on any atom is 0.231 e. The van der Waals surface area contributed by atoms with Crippen molar-refractivity contribution < 1.29 is 9.59 Å². The van der Waals surface area contributed by atoms with E-state index in [0.29, 0.717) is 11.1 Å². The predicted molar refractivity (Wildman–Crippen MR) is 94.1 cm³/mol. The van der Waals surface area contributed by atoms with Crippen molar-refractivity contribution in [2.45, 2.75) is 41.5 Å². The Kier molecular flexibility index (Phi) is 4.34. The molecule has 1 aliphatic carbocycles. The van der Waals surface area contributed by atoms with Gasteiger partial charge in [0.25, 0.3) is 0 Å². The van der Waals surface area contributed by atoms with E-state index in [1.54, 1.807) is 0 Å². The molecule has 1 N–H and O–H groups in total. The molecule has 0 atom stereocenters. The lowest BCUT2D eigenvalue weighted by Crippen LogP contribution is -2.35. The number of ketones is 2. The Labute approximate surface area is 138 Å². The highest BCUT2D eigenvalue weighted by molar-refractivity contribution is 6.50. The Morgan fingerprint density at radius 1 is 0.783 bits per heavy atom. The molecule has 0 radical (unpaired) electrons. The second kappa shape index (κ2) is 5.80. The van der Waals surface area contributed by atoms with Gasteiger partial charge in [0.15, 0.2) is 0 Å². The van der Waals surface area contributed by atoms with Crippen LogP contribution in [0.2, 0.25) is 0 Å². The maximum atomic E-state index is 12.7. The van der Waals surface area contributed by atoms with Gasteiger partial charge in [-0.15, -0.1) is 0 Å². The van der Waals surface area contributed by atoms with Crippen LogP contribution in [0, 0.1) is 10.8 Å². The largest absolute Gasteiger partial charge is 0.355 e. The molecule has 3 nitrogen and oxygen atoms in total. The molecule has 3 heteroatoms. The van der Waals surface area contributed by atoms with Crippen LogP contribution in [0.3, 0.4) is 0 Å². The van der Waals surface area contributed by atoms with Gasteiger partial charge in [0.05, 0.1) is 0 Å². The smallest absolute Gasteiger partial charge is 0.231 e. The molecule has 23 heavy (non-hydrogen) atoms. The van der Waals surface area contributed by atoms with Crippen LogP contribution < -0.4 is 5.32 Å². The lowest BCUT2D eigenvalue weighted by atomic mass is 9.72. The molecular weight excluding hydrogens is 286 g/mol. The molecular formula is C20H25NO2. The van der Waals surface area contributed by atoms with Crippen molar-refractivity contribution in [3.05, 3.63) is 53.3 Å². The van der Waals surface area contributed by atoms with Gasteiger partial charge in [-0.25, -0.2) is 0 Å². The van der Waals surface area contributed by atoms with Gasteiger partial charge in [0.1, 0.15) is 0 Å². The Bertz CT molecular complexity index is 695. The van der Waals surface area contributed by atoms with E-state index in [-0.39, 0.29) is 11.2 Å². The molecule has 0 saturated heterocycles. The first-order valence-corrected chi connectivity index (χ1v) is 7.90. The summed E-state index contributed by atoms with van der Waals surface area (Å²) in [7, 11) is 0. The molecule has 0 fully saturated rings. The number of carbonyl (C=O) groups excluding carboxylic acids is 2. The Balaban J connectivity index is 2.62. The highest BCUT2D eigenvalue weighted by atomic mass is 16.2. The summed E-state index contributed by atoms with van der Waals surface area (Å²) in [6, 6.07) is 9.70. The first kappa shape index (κ1) is 17.2. The first-order valence-electron chi connectivity index (χ1n) is 7.90. The van der Waals surface area contributed by atoms with E-state index in [9.17, 15) is 9.59 Å². The van der Waals surface area contributed by atoms with Gasteiger partial charge in [0.2, 0.25) is 11.6 Å². The van der Waals surface area contributed by atoms with E-state index in [0.717, 1.165) is 11.4 Å². The third kappa shape index (κ3) is 3.61. The molecule has 0 unspecified atom stereocenters. The third-order valence-corrected chi connectivity index (χ3v) is 3.85. The number of nitrogens with one attached hydrogen (secondary N) is 1. The molecule has 0 heterocycles. The van der Waals surface area contributed by atoms with Crippen molar-refractivity contribution in [2.24, 2.45) is 10.8 Å². The minimum atomic E-state index is -0.413. The Morgan fingerprint density at radius 3 is 1.83 bits per heavy atom. The van der Waals surface area contributed by atoms with Crippen LogP contribution in [-0.2, 0) is 9.59 Å². The standard InChI is InChI=1S/C20H25NO2/c1-19(2,3)14-12-15(21-13-10-8-7-9-11-13)16(20(4,5)6)18(23)17(14)22/h7-12,21H,1-6H3. The number of benzene rings is 1. The molecule has 1 aromatic rings. The minimum absolute atomic E-state index is 0.375. The van der Waals surface area contributed by atoms with Crippen LogP contribution in [-0.4, -0.2) is 11.6 Å². The van der Waals surface area contributed by atoms with E-state index < -0.39 is 11.2 Å². The monoisotopic (exact) mass is 311 g/mol. The molecule has 0 aromatic heterocycles. The summed E-state index contributed by atoms with van der Waals surface area (Å²) in [5.74, 6) is -0.788. The number of hydrogen-bond acceptors (Lipinski definition) is 3. The quantitative estimate of drug-likeness (QED) is 0.645. The summed E-state index contributed by atoms with van der Waals surface area (Å²) in [5, 5.41) is 3.32. The second-order valence-corrected chi connectivity index (χ2v) is 8.00. The number of anilines is 1. The van der Waals surface area contributed by atoms with Crippen LogP contribution in [0.1, 0.15) is 41.5 Å². The summed E-state index contributed by atoms with van der Waals surface area (Å²) in [4.78, 5) is 25.3. The van der Waals surface area contributed by atoms with E-state index in [1.807, 2.05) is 78.0 Å². The topological polar surface area (TPSA) is 46.2 Å². The summed E-state index contributed by atoms with van der Waals surface area (Å²) >= 11 is 0. The zero-order chi connectivity index (χ0) is 17.4. The average Bonchev–Trinajstić information content (AvgIpc) is 2.41. The highest BCUT2D eigenvalue weighted by Crippen LogP contribution is 2.38. The zero-order valence-electron chi connectivity index (χ0n) is 14.8. The van der Waals surface area contributed by atoms with Crippen molar-refractivity contribution >= 4 is 17.3 Å². The molecule has 1 aliphatic rings. The third-order valence-electron chi connectivity index (χ3n) is 3.85. The van der Waals surface area contributed by atoms with Crippen LogP contribution in [0.4, 0.5) is 5.69 Å². The number of para-hydroxylation sites is 1. The summed E-state index contributed by atoms with van der Waals surface area (Å²) < 4.78 is 0. The van der Waals surface area contributed by atoms with Crippen LogP contribution in [0.5, 0.6) is 0 Å². The van der Waals surface area contributed by atoms with Gasteiger partial charge >= 0.3 is 0 Å². The number of hydrogen-bond donors (Lipinski definition) is 1. The van der Waals surface area contributed by atoms with Crippen molar-refractivity contribution in [1.29, 1.82) is 0 Å². The lowest BCUT2D eigenvalue weighted by Gasteiger charge is -2.31. The first-order chi connectivity index (χ1) is 10.5. The Morgan fingerprint density at radius 2 is 1.35 bits per heavy atom. The summed E-state index contributed by atoms with van der Waals surface area (Å²) in [6.45, 7) is 11.7. The fraction of sp³-hybridized carbons (Fsp3) is 0.400. The van der Waals surface area contributed by atoms with Gasteiger partial charge in [0, 0.05) is 22.5 Å². The number of rotatable bonds is 2. The molecule has 1 aromatic carbocycles. The normalized spacial score (nSPS) is 16.5. The lowest BCUT2D eigenvalue weighted by molar-refractivity contribution is -0.133. The molecule has 0 amide bonds. The molecule has 122 valence electrons. The van der Waals surface area contributed by atoms with Crippen LogP contribution in [0.15, 0.2) is 53.3 Å². The summed E-state index contributed by atoms with van der Waals surface area (Å²) in [5.41, 5.74) is 1.92. The second-order valence-electron chi connectivity index (χ2n) is 8.00. The van der Waals surface area contributed by atoms with Crippen LogP contribution >= 0.6 is 0 Å². The molecule has 0 aliphatic heterocycles. The van der Waals surface area contributed by atoms with Gasteiger partial charge in [-0.05, 0) is 29.0 Å². The minimum Gasteiger partial charge on any atom is -0.355 e. The van der Waals surface area contributed by atoms with Gasteiger partial charge in [-0.1, -0.05) is 59.7 Å². The highest BCUT2D eigenvalue weighted by Gasteiger charge is 2.39. The number of allylic oxidation sites excluding steroid dienone is 3. The molecule has 0 saturated carbocycles. The van der Waals surface area contributed by atoms with Crippen molar-refractivity contribution in [2.75, 3.05) is 5.32 Å². The van der Waals surface area contributed by atoms with Crippen molar-refractivity contribution in [3.63, 3.8) is 0 Å². The van der Waals surface area contributed by atoms with E-state index in [1.165, 1.54) is 0 Å². The van der Waals surface area contributed by atoms with E-state index in [2.05, 4.69) is 5.32 Å². The van der Waals surface area contributed by atoms with Crippen LogP contribution in [0.25, 0.3) is 0 Å². The average molecular weight is 311 g/mol. The fourth-order valence-corrected chi connectivity index (χ4v) is 2.72. The zero-order valence-corrected chi connectivity index (χ0v) is 14.8. The SMILES string of the molecule is CC(C)(C)C1=CC(Nc2ccccc2)=C(C(C)(C)C)C(=O)C1=O. The predicted octanol–water partition coefficient (Wildman–Crippen LogP) is 4.52. The van der Waals surface area contributed by atoms with Gasteiger partial charge in [-0.3, -0.25) is 9.59 Å². The molecule has 2 rings (SSSR count).